The van der Waals surface area contributed by atoms with Gasteiger partial charge in [0.15, 0.2) is 0 Å². The normalized spacial score (nSPS) is 11.9. The molecule has 0 aliphatic rings. The fraction of sp³-hybridized carbons (Fsp3) is 0.255. The maximum Gasteiger partial charge on any atom is 0.121 e. The van der Waals surface area contributed by atoms with Crippen molar-refractivity contribution >= 4 is 46.2 Å². The van der Waals surface area contributed by atoms with Crippen LogP contribution in [0.5, 0.6) is 0 Å². The molecule has 0 saturated heterocycles. The number of rotatable bonds is 6. The van der Waals surface area contributed by atoms with E-state index in [9.17, 15) is 0 Å². The molecular weight excluding hydrogens is 857 g/mol. The molecule has 4 aromatic carbocycles. The molecule has 4 aromatic heterocycles. The van der Waals surface area contributed by atoms with Crippen molar-refractivity contribution in [3.63, 3.8) is 0 Å². The number of aryl methyl sites for hydroxylation is 1. The molecule has 4 heterocycles. The van der Waals surface area contributed by atoms with Gasteiger partial charge < -0.3 is 19.0 Å². The quantitative estimate of drug-likeness (QED) is 0.123. The zero-order chi connectivity index (χ0) is 37.5. The summed E-state index contributed by atoms with van der Waals surface area (Å²) in [4.78, 5) is 14.1. The maximum atomic E-state index is 6.34. The van der Waals surface area contributed by atoms with Crippen LogP contribution >= 0.6 is 0 Å². The SMILES string of the molecule is CC(C)Cc1cc(-c2[c-]cccc2)ncc1[Si](C)(C)C.Cc1ccc2c(c1)oc1c(-c3nc4ccccc4n3-c3ccc(C(C)(C)C)cc3)[c-]ncc12.[Ir]. The van der Waals surface area contributed by atoms with Gasteiger partial charge in [0.1, 0.15) is 5.58 Å². The van der Waals surface area contributed by atoms with Crippen molar-refractivity contribution in [2.75, 3.05) is 0 Å². The second-order valence-corrected chi connectivity index (χ2v) is 21.5. The van der Waals surface area contributed by atoms with E-state index < -0.39 is 8.07 Å². The number of fused-ring (bicyclic) bond motifs is 4. The van der Waals surface area contributed by atoms with E-state index in [4.69, 9.17) is 9.40 Å². The van der Waals surface area contributed by atoms with Gasteiger partial charge in [0, 0.05) is 37.4 Å². The first-order valence-electron chi connectivity index (χ1n) is 18.5. The summed E-state index contributed by atoms with van der Waals surface area (Å²) in [5, 5.41) is 3.52. The van der Waals surface area contributed by atoms with Crippen LogP contribution in [-0.4, -0.2) is 27.6 Å². The smallest absolute Gasteiger partial charge is 0.121 e. The number of imidazole rings is 1. The number of hydrogen-bond donors (Lipinski definition) is 0. The second-order valence-electron chi connectivity index (χ2n) is 16.5. The molecule has 0 saturated carbocycles. The van der Waals surface area contributed by atoms with E-state index in [1.807, 2.05) is 42.6 Å². The van der Waals surface area contributed by atoms with Crippen molar-refractivity contribution in [3.05, 3.63) is 138 Å². The average molecular weight is 905 g/mol. The van der Waals surface area contributed by atoms with Crippen LogP contribution in [0.4, 0.5) is 0 Å². The summed E-state index contributed by atoms with van der Waals surface area (Å²) in [5.41, 5.74) is 11.5. The van der Waals surface area contributed by atoms with E-state index in [0.29, 0.717) is 5.92 Å². The van der Waals surface area contributed by atoms with Gasteiger partial charge in [-0.2, -0.15) is 0 Å². The van der Waals surface area contributed by atoms with Crippen molar-refractivity contribution in [1.82, 2.24) is 19.5 Å². The van der Waals surface area contributed by atoms with Crippen LogP contribution in [0, 0.1) is 25.1 Å². The van der Waals surface area contributed by atoms with Gasteiger partial charge in [-0.05, 0) is 100 Å². The molecule has 1 radical (unpaired) electrons. The molecule has 0 aliphatic heterocycles. The summed E-state index contributed by atoms with van der Waals surface area (Å²) in [7, 11) is -1.34. The molecule has 0 fully saturated rings. The van der Waals surface area contributed by atoms with Gasteiger partial charge in [-0.25, -0.2) is 0 Å². The minimum absolute atomic E-state index is 0. The summed E-state index contributed by atoms with van der Waals surface area (Å²) in [6.07, 6.45) is 8.25. The first-order chi connectivity index (χ1) is 25.3. The third-order valence-corrected chi connectivity index (χ3v) is 11.7. The number of furan rings is 1. The Bertz CT molecular complexity index is 2540. The van der Waals surface area contributed by atoms with Crippen LogP contribution in [0.3, 0.4) is 0 Å². The van der Waals surface area contributed by atoms with Crippen molar-refractivity contribution in [2.24, 2.45) is 5.92 Å². The first kappa shape index (κ1) is 39.0. The summed E-state index contributed by atoms with van der Waals surface area (Å²) in [5.74, 6) is 1.44. The van der Waals surface area contributed by atoms with E-state index in [1.165, 1.54) is 16.3 Å². The zero-order valence-corrected chi connectivity index (χ0v) is 36.1. The third-order valence-electron chi connectivity index (χ3n) is 9.67. The summed E-state index contributed by atoms with van der Waals surface area (Å²) in [6, 6.07) is 36.8. The number of hydrogen-bond acceptors (Lipinski definition) is 4. The van der Waals surface area contributed by atoms with Crippen LogP contribution < -0.4 is 5.19 Å². The molecule has 0 atom stereocenters. The van der Waals surface area contributed by atoms with Gasteiger partial charge in [-0.1, -0.05) is 102 Å². The fourth-order valence-corrected chi connectivity index (χ4v) is 8.54. The Morgan fingerprint density at radius 3 is 2.28 bits per heavy atom. The van der Waals surface area contributed by atoms with Crippen LogP contribution in [0.15, 0.2) is 114 Å². The summed E-state index contributed by atoms with van der Waals surface area (Å²) in [6.45, 7) is 20.5. The Hall–Kier alpha value is -4.68. The molecular formula is C47H48IrN4OSi-2. The standard InChI is InChI=1S/C29H24N3O.C18H24NSi.Ir/c1-18-9-14-21-22-16-30-17-23(27(22)33-26(21)15-18)28-31-24-7-5-6-8-25(24)32(28)20-12-10-19(11-13-20)29(2,3)4;1-14(2)11-16-12-17(15-9-7-6-8-10-15)19-13-18(16)20(3,4)5;/h5-16H,1-4H3;6-9,12-14H,11H2,1-5H3;/q2*-1;. The topological polar surface area (TPSA) is 56.7 Å². The minimum atomic E-state index is -1.34. The van der Waals surface area contributed by atoms with Gasteiger partial charge in [0.25, 0.3) is 0 Å². The molecule has 277 valence electrons. The van der Waals surface area contributed by atoms with E-state index in [2.05, 4.69) is 155 Å². The molecule has 0 spiro atoms. The van der Waals surface area contributed by atoms with E-state index in [0.717, 1.165) is 73.3 Å². The predicted molar refractivity (Wildman–Crippen MR) is 224 cm³/mol. The van der Waals surface area contributed by atoms with Gasteiger partial charge in [-0.15, -0.1) is 35.9 Å². The molecule has 5 nitrogen and oxygen atoms in total. The van der Waals surface area contributed by atoms with E-state index in [1.54, 1.807) is 0 Å². The van der Waals surface area contributed by atoms with Crippen molar-refractivity contribution < 1.29 is 24.5 Å². The molecule has 8 rings (SSSR count). The first-order valence-corrected chi connectivity index (χ1v) is 22.0. The summed E-state index contributed by atoms with van der Waals surface area (Å²) >= 11 is 0. The van der Waals surface area contributed by atoms with Gasteiger partial charge in [0.2, 0.25) is 0 Å². The molecule has 7 heteroatoms. The van der Waals surface area contributed by atoms with Crippen LogP contribution in [0.1, 0.15) is 51.3 Å². The Labute approximate surface area is 334 Å². The molecule has 0 bridgehead atoms. The molecule has 8 aromatic rings. The van der Waals surface area contributed by atoms with Gasteiger partial charge >= 0.3 is 0 Å². The largest absolute Gasteiger partial charge is 0.500 e. The Kier molecular flexibility index (Phi) is 11.3. The average Bonchev–Trinajstić information content (AvgIpc) is 3.69. The van der Waals surface area contributed by atoms with E-state index >= 15 is 0 Å². The van der Waals surface area contributed by atoms with E-state index in [-0.39, 0.29) is 25.5 Å². The van der Waals surface area contributed by atoms with Gasteiger partial charge in [-0.3, -0.25) is 4.98 Å². The molecule has 0 aliphatic carbocycles. The van der Waals surface area contributed by atoms with Crippen molar-refractivity contribution in [3.8, 4) is 28.3 Å². The summed E-state index contributed by atoms with van der Waals surface area (Å²) < 4.78 is 8.52. The second kappa shape index (κ2) is 15.6. The number of benzene rings is 4. The molecule has 54 heavy (non-hydrogen) atoms. The Morgan fingerprint density at radius 2 is 1.59 bits per heavy atom. The number of aromatic nitrogens is 4. The monoisotopic (exact) mass is 905 g/mol. The van der Waals surface area contributed by atoms with Gasteiger partial charge in [0.05, 0.1) is 30.5 Å². The number of nitrogens with zero attached hydrogens (tertiary/aromatic N) is 4. The predicted octanol–water partition coefficient (Wildman–Crippen LogP) is 11.7. The Morgan fingerprint density at radius 1 is 0.852 bits per heavy atom. The minimum Gasteiger partial charge on any atom is -0.500 e. The number of pyridine rings is 2. The maximum absolute atomic E-state index is 6.34. The van der Waals surface area contributed by atoms with Crippen LogP contribution in [0.25, 0.3) is 61.3 Å². The number of para-hydroxylation sites is 2. The van der Waals surface area contributed by atoms with Crippen LogP contribution in [0.2, 0.25) is 19.6 Å². The van der Waals surface area contributed by atoms with Crippen LogP contribution in [-0.2, 0) is 31.9 Å². The zero-order valence-electron chi connectivity index (χ0n) is 32.7. The van der Waals surface area contributed by atoms with Crippen molar-refractivity contribution in [2.45, 2.75) is 73.0 Å². The third kappa shape index (κ3) is 8.05. The molecule has 0 amide bonds. The fourth-order valence-electron chi connectivity index (χ4n) is 6.95. The Balaban J connectivity index is 0.000000205. The molecule has 0 unspecified atom stereocenters. The molecule has 0 N–H and O–H groups in total. The van der Waals surface area contributed by atoms with Crippen molar-refractivity contribution in [1.29, 1.82) is 0 Å².